The zero-order valence-corrected chi connectivity index (χ0v) is 20.1. The molecule has 182 valence electrons. The highest BCUT2D eigenvalue weighted by atomic mass is 32.2. The smallest absolute Gasteiger partial charge is 0.286 e. The number of nitrogens with zero attached hydrogens (tertiary/aromatic N) is 2. The van der Waals surface area contributed by atoms with Gasteiger partial charge in [-0.15, -0.1) is 4.40 Å². The molecule has 2 unspecified atom stereocenters. The minimum absolute atomic E-state index is 0.0628. The Labute approximate surface area is 194 Å². The lowest BCUT2D eigenvalue weighted by Crippen LogP contribution is -2.54. The Morgan fingerprint density at radius 2 is 1.94 bits per heavy atom. The maximum absolute atomic E-state index is 13.6. The van der Waals surface area contributed by atoms with Crippen LogP contribution in [0.25, 0.3) is 0 Å². The fourth-order valence-electron chi connectivity index (χ4n) is 5.31. The summed E-state index contributed by atoms with van der Waals surface area (Å²) in [5.74, 6) is -4.10. The Bertz CT molecular complexity index is 1050. The van der Waals surface area contributed by atoms with E-state index in [1.165, 1.54) is 19.2 Å². The third kappa shape index (κ3) is 4.36. The minimum atomic E-state index is -4.17. The molecule has 0 bridgehead atoms. The van der Waals surface area contributed by atoms with Crippen molar-refractivity contribution >= 4 is 27.5 Å². The molecule has 10 heteroatoms. The molecule has 0 radical (unpaired) electrons. The van der Waals surface area contributed by atoms with Gasteiger partial charge in [-0.3, -0.25) is 4.79 Å². The van der Waals surface area contributed by atoms with Gasteiger partial charge >= 0.3 is 0 Å². The van der Waals surface area contributed by atoms with E-state index in [1.807, 2.05) is 13.8 Å². The van der Waals surface area contributed by atoms with Crippen molar-refractivity contribution in [2.45, 2.75) is 69.1 Å². The number of sulfonamides is 1. The van der Waals surface area contributed by atoms with Gasteiger partial charge in [0.1, 0.15) is 16.5 Å². The Balaban J connectivity index is 1.73. The molecule has 1 amide bonds. The van der Waals surface area contributed by atoms with Gasteiger partial charge in [0, 0.05) is 12.6 Å². The second-order valence-corrected chi connectivity index (χ2v) is 11.3. The second-order valence-electron chi connectivity index (χ2n) is 9.71. The molecule has 0 spiro atoms. The van der Waals surface area contributed by atoms with Crippen LogP contribution in [0.15, 0.2) is 27.5 Å². The zero-order chi connectivity index (χ0) is 24.0. The number of fused-ring (bicyclic) bond motifs is 1. The number of amides is 1. The summed E-state index contributed by atoms with van der Waals surface area (Å²) in [5.41, 5.74) is 0.222. The van der Waals surface area contributed by atoms with Crippen LogP contribution >= 0.6 is 0 Å². The quantitative estimate of drug-likeness (QED) is 0.534. The van der Waals surface area contributed by atoms with Crippen molar-refractivity contribution < 1.29 is 28.2 Å². The normalized spacial score (nSPS) is 26.7. The van der Waals surface area contributed by atoms with Crippen molar-refractivity contribution in [1.82, 2.24) is 4.90 Å². The molecule has 1 aromatic carbocycles. The number of benzene rings is 1. The summed E-state index contributed by atoms with van der Waals surface area (Å²) in [7, 11) is -2.74. The lowest BCUT2D eigenvalue weighted by Gasteiger charge is -2.39. The van der Waals surface area contributed by atoms with E-state index in [9.17, 15) is 23.4 Å². The van der Waals surface area contributed by atoms with Gasteiger partial charge in [-0.2, -0.15) is 8.42 Å². The van der Waals surface area contributed by atoms with E-state index in [4.69, 9.17) is 4.74 Å². The van der Waals surface area contributed by atoms with Crippen LogP contribution in [0.2, 0.25) is 0 Å². The molecule has 1 saturated carbocycles. The number of aliphatic hydroxyl groups is 2. The van der Waals surface area contributed by atoms with Gasteiger partial charge < -0.3 is 25.2 Å². The highest BCUT2D eigenvalue weighted by molar-refractivity contribution is 7.90. The predicted molar refractivity (Wildman–Crippen MR) is 123 cm³/mol. The lowest BCUT2D eigenvalue weighted by molar-refractivity contribution is -0.202. The summed E-state index contributed by atoms with van der Waals surface area (Å²) in [6.45, 7) is 4.47. The number of anilines is 1. The largest absolute Gasteiger partial charge is 0.497 e. The average Bonchev–Trinajstić information content (AvgIpc) is 2.96. The van der Waals surface area contributed by atoms with Gasteiger partial charge in [-0.05, 0) is 43.2 Å². The van der Waals surface area contributed by atoms with Crippen molar-refractivity contribution in [3.63, 3.8) is 0 Å². The summed E-state index contributed by atoms with van der Waals surface area (Å²) in [4.78, 5) is 15.1. The van der Waals surface area contributed by atoms with E-state index in [0.717, 1.165) is 32.1 Å². The van der Waals surface area contributed by atoms with Gasteiger partial charge in [-0.25, -0.2) is 0 Å². The first-order valence-electron chi connectivity index (χ1n) is 11.6. The average molecular weight is 480 g/mol. The first kappa shape index (κ1) is 24.0. The third-order valence-electron chi connectivity index (χ3n) is 6.99. The number of carbonyl (C=O) groups is 1. The van der Waals surface area contributed by atoms with Gasteiger partial charge in [0.15, 0.2) is 5.92 Å². The predicted octanol–water partition coefficient (Wildman–Crippen LogP) is 2.34. The number of amidine groups is 1. The number of methoxy groups -OCH3 is 1. The molecule has 4 rings (SSSR count). The van der Waals surface area contributed by atoms with Crippen molar-refractivity contribution in [3.8, 4) is 5.75 Å². The molecule has 2 heterocycles. The van der Waals surface area contributed by atoms with Gasteiger partial charge in [0.2, 0.25) is 11.7 Å². The van der Waals surface area contributed by atoms with Gasteiger partial charge in [-0.1, -0.05) is 33.1 Å². The van der Waals surface area contributed by atoms with Crippen LogP contribution in [0.4, 0.5) is 5.69 Å². The third-order valence-corrected chi connectivity index (χ3v) is 8.32. The van der Waals surface area contributed by atoms with Crippen molar-refractivity contribution in [2.75, 3.05) is 19.0 Å². The van der Waals surface area contributed by atoms with Crippen LogP contribution < -0.4 is 10.1 Å². The molecule has 1 saturated heterocycles. The maximum atomic E-state index is 13.6. The van der Waals surface area contributed by atoms with Crippen LogP contribution in [-0.2, 0) is 14.8 Å². The maximum Gasteiger partial charge on any atom is 0.286 e. The zero-order valence-electron chi connectivity index (χ0n) is 19.3. The SMILES string of the molecule is COc1ccc2c(c1)S(=O)(=O)N=C(C1C(=O)N(CCC(C)C)C(C3CCCCC3)C1(O)O)N2. The van der Waals surface area contributed by atoms with Crippen LogP contribution in [0.1, 0.15) is 52.4 Å². The Morgan fingerprint density at radius 3 is 2.58 bits per heavy atom. The molecule has 2 atom stereocenters. The Morgan fingerprint density at radius 1 is 1.24 bits per heavy atom. The van der Waals surface area contributed by atoms with Crippen molar-refractivity contribution in [2.24, 2.45) is 22.2 Å². The molecular formula is C23H33N3O6S. The summed E-state index contributed by atoms with van der Waals surface area (Å²) < 4.78 is 34.8. The molecule has 1 aliphatic carbocycles. The van der Waals surface area contributed by atoms with Crippen molar-refractivity contribution in [3.05, 3.63) is 18.2 Å². The summed E-state index contributed by atoms with van der Waals surface area (Å²) >= 11 is 0. The fraction of sp³-hybridized carbons (Fsp3) is 0.652. The highest BCUT2D eigenvalue weighted by Gasteiger charge is 2.62. The molecule has 9 nitrogen and oxygen atoms in total. The number of hydrogen-bond acceptors (Lipinski definition) is 7. The number of nitrogens with one attached hydrogen (secondary N) is 1. The van der Waals surface area contributed by atoms with Crippen LogP contribution in [0.5, 0.6) is 5.75 Å². The molecule has 0 aromatic heterocycles. The van der Waals surface area contributed by atoms with Crippen LogP contribution in [0.3, 0.4) is 0 Å². The summed E-state index contributed by atoms with van der Waals surface area (Å²) in [5, 5.41) is 25.7. The number of hydrogen-bond donors (Lipinski definition) is 3. The second kappa shape index (κ2) is 8.88. The standard InChI is InChI=1S/C23H33N3O6S/c1-14(2)11-12-26-20(15-7-5-4-6-8-15)23(28,29)19(22(26)27)21-24-17-10-9-16(32-3)13-18(17)33(30,31)25-21/h9-10,13-15,19-20,28-29H,4-8,11-12H2,1-3H3,(H,24,25). The lowest BCUT2D eigenvalue weighted by atomic mass is 9.79. The minimum Gasteiger partial charge on any atom is -0.497 e. The van der Waals surface area contributed by atoms with Crippen LogP contribution in [-0.4, -0.2) is 60.8 Å². The van der Waals surface area contributed by atoms with E-state index in [0.29, 0.717) is 24.6 Å². The number of likely N-dealkylation sites (tertiary alicyclic amines) is 1. The topological polar surface area (TPSA) is 129 Å². The molecular weight excluding hydrogens is 446 g/mol. The summed E-state index contributed by atoms with van der Waals surface area (Å²) in [6.07, 6.45) is 5.33. The molecule has 1 aromatic rings. The molecule has 2 aliphatic heterocycles. The first-order chi connectivity index (χ1) is 15.6. The number of rotatable bonds is 6. The van der Waals surface area contributed by atoms with E-state index < -0.39 is 33.7 Å². The van der Waals surface area contributed by atoms with Crippen molar-refractivity contribution in [1.29, 1.82) is 0 Å². The van der Waals surface area contributed by atoms with E-state index in [-0.39, 0.29) is 22.3 Å². The highest BCUT2D eigenvalue weighted by Crippen LogP contribution is 2.44. The summed E-state index contributed by atoms with van der Waals surface area (Å²) in [6, 6.07) is 3.65. The van der Waals surface area contributed by atoms with Gasteiger partial charge in [0.25, 0.3) is 10.0 Å². The molecule has 33 heavy (non-hydrogen) atoms. The molecule has 3 aliphatic rings. The molecule has 3 N–H and O–H groups in total. The first-order valence-corrected chi connectivity index (χ1v) is 13.1. The van der Waals surface area contributed by atoms with E-state index in [2.05, 4.69) is 9.71 Å². The van der Waals surface area contributed by atoms with E-state index in [1.54, 1.807) is 11.0 Å². The Hall–Kier alpha value is -2.17. The monoisotopic (exact) mass is 479 g/mol. The van der Waals surface area contributed by atoms with Crippen LogP contribution in [0, 0.1) is 17.8 Å². The number of carbonyl (C=O) groups excluding carboxylic acids is 1. The fourth-order valence-corrected chi connectivity index (χ4v) is 6.48. The van der Waals surface area contributed by atoms with E-state index >= 15 is 0 Å². The Kier molecular flexibility index (Phi) is 6.45. The molecule has 2 fully saturated rings. The number of ether oxygens (including phenoxy) is 1. The van der Waals surface area contributed by atoms with Gasteiger partial charge in [0.05, 0.1) is 18.8 Å².